The monoisotopic (exact) mass is 228 g/mol. The normalized spacial score (nSPS) is 10.1. The number of amides is 1. The van der Waals surface area contributed by atoms with Crippen LogP contribution < -0.4 is 5.32 Å². The van der Waals surface area contributed by atoms with Gasteiger partial charge in [-0.1, -0.05) is 11.6 Å². The molecule has 0 spiro atoms. The van der Waals surface area contributed by atoms with Crippen LogP contribution in [0.25, 0.3) is 0 Å². The molecule has 1 aromatic rings. The van der Waals surface area contributed by atoms with Crippen LogP contribution in [0, 0.1) is 6.92 Å². The minimum Gasteiger partial charge on any atom is -0.384 e. The Morgan fingerprint density at radius 1 is 1.67 bits per heavy atom. The molecule has 1 heterocycles. The first-order valence-corrected chi connectivity index (χ1v) is 4.92. The van der Waals surface area contributed by atoms with E-state index in [1.165, 1.54) is 6.20 Å². The van der Waals surface area contributed by atoms with Gasteiger partial charge < -0.3 is 10.1 Å². The Bertz CT molecular complexity index is 355. The average Bonchev–Trinajstić information content (AvgIpc) is 2.20. The Kier molecular flexibility index (Phi) is 4.52. The summed E-state index contributed by atoms with van der Waals surface area (Å²) in [6, 6.07) is 1.78. The molecular formula is C10H13ClN2O2. The van der Waals surface area contributed by atoms with Gasteiger partial charge >= 0.3 is 0 Å². The summed E-state index contributed by atoms with van der Waals surface area (Å²) in [4.78, 5) is 15.2. The van der Waals surface area contributed by atoms with Gasteiger partial charge in [-0.3, -0.25) is 4.79 Å². The minimum absolute atomic E-state index is 0.0969. The second kappa shape index (κ2) is 5.68. The third kappa shape index (κ3) is 3.85. The fourth-order valence-electron chi connectivity index (χ4n) is 1.04. The largest absolute Gasteiger partial charge is 0.384 e. The predicted octanol–water partition coefficient (Wildman–Crippen LogP) is 2.02. The molecule has 0 atom stereocenters. The summed E-state index contributed by atoms with van der Waals surface area (Å²) in [6.45, 7) is 2.24. The van der Waals surface area contributed by atoms with E-state index in [0.29, 0.717) is 23.9 Å². The molecule has 0 bridgehead atoms. The maximum absolute atomic E-state index is 11.3. The number of rotatable bonds is 4. The minimum atomic E-state index is -0.0969. The SMILES string of the molecule is COCCC(=O)Nc1cnc(Cl)c(C)c1. The molecule has 0 aliphatic heterocycles. The van der Waals surface area contributed by atoms with Crippen molar-refractivity contribution in [3.63, 3.8) is 0 Å². The van der Waals surface area contributed by atoms with Gasteiger partial charge in [0.15, 0.2) is 0 Å². The lowest BCUT2D eigenvalue weighted by Gasteiger charge is -2.05. The highest BCUT2D eigenvalue weighted by Crippen LogP contribution is 2.15. The van der Waals surface area contributed by atoms with Crippen LogP contribution in [-0.2, 0) is 9.53 Å². The number of aryl methyl sites for hydroxylation is 1. The maximum atomic E-state index is 11.3. The third-order valence-corrected chi connectivity index (χ3v) is 2.23. The van der Waals surface area contributed by atoms with E-state index in [2.05, 4.69) is 10.3 Å². The molecule has 0 radical (unpaired) electrons. The standard InChI is InChI=1S/C10H13ClN2O2/c1-7-5-8(6-12-10(7)11)13-9(14)3-4-15-2/h5-6H,3-4H2,1-2H3,(H,13,14). The molecule has 5 heteroatoms. The van der Waals surface area contributed by atoms with Gasteiger partial charge in [0.25, 0.3) is 0 Å². The molecule has 0 aliphatic rings. The van der Waals surface area contributed by atoms with E-state index in [-0.39, 0.29) is 5.91 Å². The van der Waals surface area contributed by atoms with Crippen molar-refractivity contribution in [2.75, 3.05) is 19.0 Å². The first-order chi connectivity index (χ1) is 7.13. The summed E-state index contributed by atoms with van der Waals surface area (Å²) in [7, 11) is 1.56. The maximum Gasteiger partial charge on any atom is 0.226 e. The second-order valence-electron chi connectivity index (χ2n) is 3.12. The van der Waals surface area contributed by atoms with E-state index in [0.717, 1.165) is 5.56 Å². The van der Waals surface area contributed by atoms with Gasteiger partial charge in [-0.25, -0.2) is 4.98 Å². The lowest BCUT2D eigenvalue weighted by molar-refractivity contribution is -0.117. The number of methoxy groups -OCH3 is 1. The summed E-state index contributed by atoms with van der Waals surface area (Å²) in [5.74, 6) is -0.0969. The molecule has 15 heavy (non-hydrogen) atoms. The second-order valence-corrected chi connectivity index (χ2v) is 3.48. The van der Waals surface area contributed by atoms with Gasteiger partial charge in [-0.05, 0) is 18.6 Å². The Morgan fingerprint density at radius 3 is 3.00 bits per heavy atom. The summed E-state index contributed by atoms with van der Waals surface area (Å²) in [5.41, 5.74) is 1.49. The molecule has 0 fully saturated rings. The van der Waals surface area contributed by atoms with Crippen LogP contribution in [0.5, 0.6) is 0 Å². The smallest absolute Gasteiger partial charge is 0.226 e. The number of aromatic nitrogens is 1. The number of hydrogen-bond donors (Lipinski definition) is 1. The molecule has 1 amide bonds. The van der Waals surface area contributed by atoms with Crippen LogP contribution in [0.3, 0.4) is 0 Å². The summed E-state index contributed by atoms with van der Waals surface area (Å²) >= 11 is 5.76. The molecule has 1 aromatic heterocycles. The van der Waals surface area contributed by atoms with E-state index < -0.39 is 0 Å². The van der Waals surface area contributed by atoms with Crippen molar-refractivity contribution in [2.45, 2.75) is 13.3 Å². The van der Waals surface area contributed by atoms with Crippen LogP contribution in [0.15, 0.2) is 12.3 Å². The van der Waals surface area contributed by atoms with Crippen LogP contribution >= 0.6 is 11.6 Å². The van der Waals surface area contributed by atoms with Crippen molar-refractivity contribution < 1.29 is 9.53 Å². The Balaban J connectivity index is 2.57. The molecule has 0 aliphatic carbocycles. The van der Waals surface area contributed by atoms with E-state index in [4.69, 9.17) is 16.3 Å². The fraction of sp³-hybridized carbons (Fsp3) is 0.400. The number of pyridine rings is 1. The summed E-state index contributed by atoms with van der Waals surface area (Å²) in [5, 5.41) is 3.15. The van der Waals surface area contributed by atoms with E-state index in [9.17, 15) is 4.79 Å². The average molecular weight is 229 g/mol. The molecule has 0 saturated carbocycles. The molecule has 0 aromatic carbocycles. The fourth-order valence-corrected chi connectivity index (χ4v) is 1.15. The van der Waals surface area contributed by atoms with Crippen LogP contribution in [0.2, 0.25) is 5.15 Å². The quantitative estimate of drug-likeness (QED) is 0.803. The van der Waals surface area contributed by atoms with Crippen molar-refractivity contribution in [3.8, 4) is 0 Å². The number of carbonyl (C=O) groups excluding carboxylic acids is 1. The van der Waals surface area contributed by atoms with Crippen molar-refractivity contribution >= 4 is 23.2 Å². The van der Waals surface area contributed by atoms with Gasteiger partial charge in [0.1, 0.15) is 5.15 Å². The zero-order chi connectivity index (χ0) is 11.3. The lowest BCUT2D eigenvalue weighted by Crippen LogP contribution is -2.13. The third-order valence-electron chi connectivity index (χ3n) is 1.83. The Hall–Kier alpha value is -1.13. The van der Waals surface area contributed by atoms with Gasteiger partial charge in [-0.15, -0.1) is 0 Å². The Morgan fingerprint density at radius 2 is 2.40 bits per heavy atom. The van der Waals surface area contributed by atoms with Crippen molar-refractivity contribution in [2.24, 2.45) is 0 Å². The molecule has 0 saturated heterocycles. The van der Waals surface area contributed by atoms with Gasteiger partial charge in [-0.2, -0.15) is 0 Å². The Labute approximate surface area is 93.6 Å². The lowest BCUT2D eigenvalue weighted by atomic mass is 10.3. The zero-order valence-corrected chi connectivity index (χ0v) is 9.47. The molecule has 4 nitrogen and oxygen atoms in total. The number of nitrogens with one attached hydrogen (secondary N) is 1. The van der Waals surface area contributed by atoms with Gasteiger partial charge in [0.05, 0.1) is 24.9 Å². The van der Waals surface area contributed by atoms with Crippen molar-refractivity contribution in [1.82, 2.24) is 4.98 Å². The number of halogens is 1. The number of nitrogens with zero attached hydrogens (tertiary/aromatic N) is 1. The molecule has 1 N–H and O–H groups in total. The zero-order valence-electron chi connectivity index (χ0n) is 8.71. The van der Waals surface area contributed by atoms with E-state index >= 15 is 0 Å². The highest BCUT2D eigenvalue weighted by molar-refractivity contribution is 6.30. The first-order valence-electron chi connectivity index (χ1n) is 4.54. The predicted molar refractivity (Wildman–Crippen MR) is 59.1 cm³/mol. The van der Waals surface area contributed by atoms with E-state index in [1.807, 2.05) is 6.92 Å². The number of hydrogen-bond acceptors (Lipinski definition) is 3. The molecule has 1 rings (SSSR count). The van der Waals surface area contributed by atoms with Crippen molar-refractivity contribution in [3.05, 3.63) is 23.0 Å². The van der Waals surface area contributed by atoms with Crippen LogP contribution in [-0.4, -0.2) is 24.6 Å². The van der Waals surface area contributed by atoms with Crippen LogP contribution in [0.1, 0.15) is 12.0 Å². The molecule has 0 unspecified atom stereocenters. The first kappa shape index (κ1) is 11.9. The summed E-state index contributed by atoms with van der Waals surface area (Å²) < 4.78 is 4.80. The van der Waals surface area contributed by atoms with Crippen LogP contribution in [0.4, 0.5) is 5.69 Å². The highest BCUT2D eigenvalue weighted by Gasteiger charge is 2.03. The van der Waals surface area contributed by atoms with E-state index in [1.54, 1.807) is 13.2 Å². The number of carbonyl (C=O) groups is 1. The molecular weight excluding hydrogens is 216 g/mol. The molecule has 82 valence electrons. The number of anilines is 1. The van der Waals surface area contributed by atoms with Gasteiger partial charge in [0, 0.05) is 7.11 Å². The number of ether oxygens (including phenoxy) is 1. The van der Waals surface area contributed by atoms with Crippen molar-refractivity contribution in [1.29, 1.82) is 0 Å². The summed E-state index contributed by atoms with van der Waals surface area (Å²) in [6.07, 6.45) is 1.86. The topological polar surface area (TPSA) is 51.2 Å². The highest BCUT2D eigenvalue weighted by atomic mass is 35.5. The van der Waals surface area contributed by atoms with Gasteiger partial charge in [0.2, 0.25) is 5.91 Å².